The van der Waals surface area contributed by atoms with Gasteiger partial charge in [-0.3, -0.25) is 14.6 Å². The maximum Gasteiger partial charge on any atom is 0.266 e. The van der Waals surface area contributed by atoms with Crippen LogP contribution in [0, 0.1) is 6.92 Å². The summed E-state index contributed by atoms with van der Waals surface area (Å²) in [6.45, 7) is 2.23. The number of hydrogen-bond donors (Lipinski definition) is 1. The van der Waals surface area contributed by atoms with Gasteiger partial charge >= 0.3 is 0 Å². The van der Waals surface area contributed by atoms with E-state index in [-0.39, 0.29) is 10.7 Å². The first-order chi connectivity index (χ1) is 10.2. The van der Waals surface area contributed by atoms with Gasteiger partial charge in [-0.25, -0.2) is 18.1 Å². The molecule has 2 amide bonds. The molecule has 0 saturated carbocycles. The van der Waals surface area contributed by atoms with Crippen molar-refractivity contribution in [3.8, 4) is 0 Å². The molecule has 9 heteroatoms. The number of benzene rings is 1. The van der Waals surface area contributed by atoms with E-state index in [4.69, 9.17) is 0 Å². The molecule has 1 aliphatic heterocycles. The van der Waals surface area contributed by atoms with E-state index in [1.165, 1.54) is 32.0 Å². The van der Waals surface area contributed by atoms with Crippen LogP contribution in [0.5, 0.6) is 0 Å². The number of amides is 2. The first-order valence-electron chi connectivity index (χ1n) is 6.87. The number of hydrogen-bond acceptors (Lipinski definition) is 5. The van der Waals surface area contributed by atoms with Crippen molar-refractivity contribution in [3.63, 3.8) is 0 Å². The maximum atomic E-state index is 12.5. The van der Waals surface area contributed by atoms with Crippen molar-refractivity contribution in [2.75, 3.05) is 13.6 Å². The van der Waals surface area contributed by atoms with E-state index in [0.29, 0.717) is 13.0 Å². The maximum absolute atomic E-state index is 12.5. The van der Waals surface area contributed by atoms with Crippen LogP contribution >= 0.6 is 0 Å². The van der Waals surface area contributed by atoms with Gasteiger partial charge in [-0.1, -0.05) is 17.7 Å². The number of carbonyl (C=O) groups is 2. The van der Waals surface area contributed by atoms with Crippen molar-refractivity contribution in [1.29, 1.82) is 0 Å². The fourth-order valence-corrected chi connectivity index (χ4v) is 3.37. The summed E-state index contributed by atoms with van der Waals surface area (Å²) in [5.74, 6) is -0.788. The summed E-state index contributed by atoms with van der Waals surface area (Å²) in [7, 11) is -1.28. The van der Waals surface area contributed by atoms with Crippen LogP contribution in [0.3, 0.4) is 0 Å². The van der Waals surface area contributed by atoms with Crippen molar-refractivity contribution < 1.29 is 18.0 Å². The van der Waals surface area contributed by atoms with Crippen molar-refractivity contribution in [2.45, 2.75) is 24.3 Å². The van der Waals surface area contributed by atoms with E-state index in [1.807, 2.05) is 6.92 Å². The Morgan fingerprint density at radius 3 is 2.41 bits per heavy atom. The molecule has 1 unspecified atom stereocenters. The number of nitrogens with one attached hydrogen (secondary N) is 1. The molecule has 0 spiro atoms. The third-order valence-corrected chi connectivity index (χ3v) is 5.39. The van der Waals surface area contributed by atoms with Gasteiger partial charge < -0.3 is 0 Å². The minimum absolute atomic E-state index is 0.0652. The van der Waals surface area contributed by atoms with Gasteiger partial charge in [-0.05, 0) is 25.5 Å². The Labute approximate surface area is 130 Å². The van der Waals surface area contributed by atoms with Gasteiger partial charge in [0.15, 0.2) is 5.81 Å². The summed E-state index contributed by atoms with van der Waals surface area (Å²) < 4.78 is 25.6. The van der Waals surface area contributed by atoms with Crippen LogP contribution in [0.2, 0.25) is 0 Å². The summed E-state index contributed by atoms with van der Waals surface area (Å²) >= 11 is 0. The molecule has 1 aromatic carbocycles. The van der Waals surface area contributed by atoms with Crippen LogP contribution in [0.15, 0.2) is 29.2 Å². The van der Waals surface area contributed by atoms with Crippen LogP contribution in [-0.2, 0) is 14.8 Å². The fourth-order valence-electron chi connectivity index (χ4n) is 2.21. The van der Waals surface area contributed by atoms with E-state index in [2.05, 4.69) is 5.43 Å². The normalized spacial score (nSPS) is 18.3. The molecule has 2 rings (SSSR count). The van der Waals surface area contributed by atoms with Crippen LogP contribution < -0.4 is 5.43 Å². The summed E-state index contributed by atoms with van der Waals surface area (Å²) in [5.41, 5.74) is 3.66. The minimum atomic E-state index is -3.89. The highest BCUT2D eigenvalue weighted by atomic mass is 32.2. The zero-order valence-electron chi connectivity index (χ0n) is 12.7. The molecule has 1 N–H and O–H groups in total. The van der Waals surface area contributed by atoms with Gasteiger partial charge in [0, 0.05) is 13.6 Å². The lowest BCUT2D eigenvalue weighted by molar-refractivity contribution is -0.127. The molecule has 7 nitrogen and oxygen atoms in total. The monoisotopic (exact) mass is 323 g/mol. The SMILES string of the molecule is BC(=O)N1CCC(C(=O)N(C)S(=O)(=O)c2ccc(C)cc2)N1. The zero-order chi connectivity index (χ0) is 16.5. The van der Waals surface area contributed by atoms with Gasteiger partial charge in [-0.2, -0.15) is 0 Å². The summed E-state index contributed by atoms with van der Waals surface area (Å²) in [5, 5.41) is 1.31. The quantitative estimate of drug-likeness (QED) is 0.756. The molecule has 22 heavy (non-hydrogen) atoms. The van der Waals surface area contributed by atoms with Gasteiger partial charge in [0.1, 0.15) is 6.04 Å². The molecular formula is C13H18BN3O4S. The lowest BCUT2D eigenvalue weighted by Gasteiger charge is -2.22. The number of aryl methyl sites for hydroxylation is 1. The van der Waals surface area contributed by atoms with Crippen molar-refractivity contribution in [3.05, 3.63) is 29.8 Å². The molecule has 0 radical (unpaired) electrons. The molecule has 0 aromatic heterocycles. The third-order valence-electron chi connectivity index (χ3n) is 3.62. The Hall–Kier alpha value is -1.87. The topological polar surface area (TPSA) is 86.8 Å². The summed E-state index contributed by atoms with van der Waals surface area (Å²) in [6.07, 6.45) is 0.381. The van der Waals surface area contributed by atoms with E-state index in [1.54, 1.807) is 12.1 Å². The molecule has 1 saturated heterocycles. The van der Waals surface area contributed by atoms with Crippen LogP contribution in [0.25, 0.3) is 0 Å². The largest absolute Gasteiger partial charge is 0.287 e. The van der Waals surface area contributed by atoms with Crippen LogP contribution in [0.4, 0.5) is 4.79 Å². The Kier molecular flexibility index (Phi) is 4.57. The highest BCUT2D eigenvalue weighted by Crippen LogP contribution is 2.18. The Morgan fingerprint density at radius 2 is 1.91 bits per heavy atom. The predicted octanol–water partition coefficient (Wildman–Crippen LogP) is -0.526. The number of rotatable bonds is 3. The second-order valence-corrected chi connectivity index (χ2v) is 7.23. The zero-order valence-corrected chi connectivity index (χ0v) is 13.6. The first-order valence-corrected chi connectivity index (χ1v) is 8.31. The van der Waals surface area contributed by atoms with Crippen LogP contribution in [-0.4, -0.2) is 56.9 Å². The van der Waals surface area contributed by atoms with Gasteiger partial charge in [0.2, 0.25) is 7.85 Å². The van der Waals surface area contributed by atoms with E-state index >= 15 is 0 Å². The number of carbonyl (C=O) groups excluding carboxylic acids is 2. The average Bonchev–Trinajstić information content (AvgIpc) is 2.96. The summed E-state index contributed by atoms with van der Waals surface area (Å²) in [6, 6.07) is 5.58. The lowest BCUT2D eigenvalue weighted by atomic mass is 10.1. The average molecular weight is 323 g/mol. The Morgan fingerprint density at radius 1 is 1.32 bits per heavy atom. The third kappa shape index (κ3) is 3.15. The molecule has 1 fully saturated rings. The lowest BCUT2D eigenvalue weighted by Crippen LogP contribution is -2.48. The highest BCUT2D eigenvalue weighted by Gasteiger charge is 2.35. The molecule has 1 atom stereocenters. The van der Waals surface area contributed by atoms with Gasteiger partial charge in [0.25, 0.3) is 15.9 Å². The first kappa shape index (κ1) is 16.5. The Bertz CT molecular complexity index is 690. The molecule has 1 aromatic rings. The standard InChI is InChI=1S/C13H18BN3O4S/c1-9-3-5-10(6-4-9)22(20,21)16(2)12(18)11-7-8-17(15-11)13(14)19/h3-6,11,15H,7-8,14H2,1-2H3. The number of nitrogens with zero attached hydrogens (tertiary/aromatic N) is 2. The number of sulfonamides is 1. The van der Waals surface area contributed by atoms with Gasteiger partial charge in [-0.15, -0.1) is 0 Å². The second-order valence-electron chi connectivity index (χ2n) is 5.26. The second kappa shape index (κ2) is 6.09. The van der Waals surface area contributed by atoms with E-state index in [0.717, 1.165) is 9.87 Å². The smallest absolute Gasteiger partial charge is 0.266 e. The van der Waals surface area contributed by atoms with E-state index in [9.17, 15) is 18.0 Å². The molecule has 0 bridgehead atoms. The molecule has 0 aliphatic carbocycles. The van der Waals surface area contributed by atoms with Crippen LogP contribution in [0.1, 0.15) is 12.0 Å². The number of likely N-dealkylation sites (N-methyl/N-ethyl adjacent to an activating group) is 1. The summed E-state index contributed by atoms with van der Waals surface area (Å²) in [4.78, 5) is 23.7. The molecular weight excluding hydrogens is 305 g/mol. The van der Waals surface area contributed by atoms with Crippen molar-refractivity contribution in [2.24, 2.45) is 0 Å². The Balaban J connectivity index is 2.16. The van der Waals surface area contributed by atoms with E-state index < -0.39 is 22.0 Å². The number of hydrazine groups is 1. The molecule has 1 aliphatic rings. The molecule has 118 valence electrons. The minimum Gasteiger partial charge on any atom is -0.287 e. The van der Waals surface area contributed by atoms with Crippen molar-refractivity contribution >= 4 is 29.6 Å². The fraction of sp³-hybridized carbons (Fsp3) is 0.385. The van der Waals surface area contributed by atoms with Crippen molar-refractivity contribution in [1.82, 2.24) is 14.7 Å². The van der Waals surface area contributed by atoms with Gasteiger partial charge in [0.05, 0.1) is 4.90 Å². The highest BCUT2D eigenvalue weighted by molar-refractivity contribution is 7.89. The molecule has 1 heterocycles. The predicted molar refractivity (Wildman–Crippen MR) is 83.3 cm³/mol.